The molecule has 0 saturated heterocycles. The van der Waals surface area contributed by atoms with Crippen LogP contribution in [0.4, 0.5) is 0 Å². The predicted molar refractivity (Wildman–Crippen MR) is 78.4 cm³/mol. The number of hydrogen-bond acceptors (Lipinski definition) is 4. The Labute approximate surface area is 115 Å². The second-order valence-electron chi connectivity index (χ2n) is 4.47. The SMILES string of the molecule is C=CCOc1ccc(CNCCNCC(C)O)cc1. The number of hydrogen-bond donors (Lipinski definition) is 3. The Balaban J connectivity index is 2.14. The molecule has 0 amide bonds. The van der Waals surface area contributed by atoms with Crippen LogP contribution in [0.5, 0.6) is 5.75 Å². The minimum atomic E-state index is -0.289. The van der Waals surface area contributed by atoms with Gasteiger partial charge in [-0.2, -0.15) is 0 Å². The fourth-order valence-corrected chi connectivity index (χ4v) is 1.58. The van der Waals surface area contributed by atoms with Crippen molar-refractivity contribution in [1.29, 1.82) is 0 Å². The van der Waals surface area contributed by atoms with E-state index in [9.17, 15) is 0 Å². The lowest BCUT2D eigenvalue weighted by Gasteiger charge is -2.09. The molecule has 4 nitrogen and oxygen atoms in total. The monoisotopic (exact) mass is 264 g/mol. The van der Waals surface area contributed by atoms with Gasteiger partial charge in [0.15, 0.2) is 0 Å². The standard InChI is InChI=1S/C15H24N2O2/c1-3-10-19-15-6-4-14(5-7-15)12-17-9-8-16-11-13(2)18/h3-7,13,16-18H,1,8-12H2,2H3. The van der Waals surface area contributed by atoms with Crippen molar-refractivity contribution in [2.24, 2.45) is 0 Å². The van der Waals surface area contributed by atoms with Gasteiger partial charge >= 0.3 is 0 Å². The maximum atomic E-state index is 9.07. The van der Waals surface area contributed by atoms with Crippen LogP contribution in [0.2, 0.25) is 0 Å². The Hall–Kier alpha value is -1.36. The molecule has 0 heterocycles. The highest BCUT2D eigenvalue weighted by Crippen LogP contribution is 2.11. The van der Waals surface area contributed by atoms with Gasteiger partial charge in [-0.15, -0.1) is 0 Å². The maximum absolute atomic E-state index is 9.07. The van der Waals surface area contributed by atoms with Crippen molar-refractivity contribution in [2.45, 2.75) is 19.6 Å². The fraction of sp³-hybridized carbons (Fsp3) is 0.467. The zero-order valence-electron chi connectivity index (χ0n) is 11.6. The summed E-state index contributed by atoms with van der Waals surface area (Å²) in [7, 11) is 0. The topological polar surface area (TPSA) is 53.5 Å². The van der Waals surface area contributed by atoms with Gasteiger partial charge in [0.05, 0.1) is 6.10 Å². The van der Waals surface area contributed by atoms with E-state index in [1.807, 2.05) is 12.1 Å². The van der Waals surface area contributed by atoms with Crippen LogP contribution in [0, 0.1) is 0 Å². The lowest BCUT2D eigenvalue weighted by Crippen LogP contribution is -2.31. The molecule has 0 radical (unpaired) electrons. The molecule has 1 aromatic rings. The van der Waals surface area contributed by atoms with E-state index in [4.69, 9.17) is 9.84 Å². The molecular weight excluding hydrogens is 240 g/mol. The van der Waals surface area contributed by atoms with Crippen LogP contribution in [0.1, 0.15) is 12.5 Å². The first kappa shape index (κ1) is 15.7. The summed E-state index contributed by atoms with van der Waals surface area (Å²) in [5, 5.41) is 15.6. The zero-order valence-corrected chi connectivity index (χ0v) is 11.6. The Morgan fingerprint density at radius 1 is 1.26 bits per heavy atom. The number of benzene rings is 1. The van der Waals surface area contributed by atoms with E-state index in [1.54, 1.807) is 13.0 Å². The second kappa shape index (κ2) is 9.55. The first-order valence-electron chi connectivity index (χ1n) is 6.64. The summed E-state index contributed by atoms with van der Waals surface area (Å²) in [5.74, 6) is 0.863. The van der Waals surface area contributed by atoms with Gasteiger partial charge in [0.1, 0.15) is 12.4 Å². The summed E-state index contributed by atoms with van der Waals surface area (Å²) in [5.41, 5.74) is 1.22. The third kappa shape index (κ3) is 7.62. The van der Waals surface area contributed by atoms with Gasteiger partial charge in [-0.25, -0.2) is 0 Å². The van der Waals surface area contributed by atoms with Crippen molar-refractivity contribution in [3.8, 4) is 5.75 Å². The first-order valence-corrected chi connectivity index (χ1v) is 6.64. The highest BCUT2D eigenvalue weighted by molar-refractivity contribution is 5.27. The van der Waals surface area contributed by atoms with Gasteiger partial charge in [0.2, 0.25) is 0 Å². The molecule has 0 aliphatic rings. The maximum Gasteiger partial charge on any atom is 0.119 e. The minimum Gasteiger partial charge on any atom is -0.490 e. The van der Waals surface area contributed by atoms with Crippen LogP contribution >= 0.6 is 0 Å². The van der Waals surface area contributed by atoms with E-state index in [2.05, 4.69) is 29.3 Å². The average molecular weight is 264 g/mol. The molecular formula is C15H24N2O2. The Morgan fingerprint density at radius 3 is 2.58 bits per heavy atom. The molecule has 3 N–H and O–H groups in total. The third-order valence-electron chi connectivity index (χ3n) is 2.54. The largest absolute Gasteiger partial charge is 0.490 e. The lowest BCUT2D eigenvalue weighted by molar-refractivity contribution is 0.191. The molecule has 1 unspecified atom stereocenters. The summed E-state index contributed by atoms with van der Waals surface area (Å²) < 4.78 is 5.42. The van der Waals surface area contributed by atoms with Crippen molar-refractivity contribution in [1.82, 2.24) is 10.6 Å². The first-order chi connectivity index (χ1) is 9.22. The minimum absolute atomic E-state index is 0.289. The summed E-state index contributed by atoms with van der Waals surface area (Å²) >= 11 is 0. The smallest absolute Gasteiger partial charge is 0.119 e. The van der Waals surface area contributed by atoms with E-state index >= 15 is 0 Å². The Kier molecular flexibility index (Phi) is 7.89. The van der Waals surface area contributed by atoms with Crippen LogP contribution in [-0.2, 0) is 6.54 Å². The molecule has 0 spiro atoms. The van der Waals surface area contributed by atoms with Gasteiger partial charge in [0, 0.05) is 26.2 Å². The Morgan fingerprint density at radius 2 is 1.95 bits per heavy atom. The molecule has 1 aromatic carbocycles. The van der Waals surface area contributed by atoms with Crippen molar-refractivity contribution in [3.05, 3.63) is 42.5 Å². The number of aliphatic hydroxyl groups is 1. The zero-order chi connectivity index (χ0) is 13.9. The molecule has 0 bridgehead atoms. The normalized spacial score (nSPS) is 12.1. The fourth-order valence-electron chi connectivity index (χ4n) is 1.58. The molecule has 0 aromatic heterocycles. The van der Waals surface area contributed by atoms with Gasteiger partial charge in [0.25, 0.3) is 0 Å². The van der Waals surface area contributed by atoms with Crippen molar-refractivity contribution >= 4 is 0 Å². The quantitative estimate of drug-likeness (QED) is 0.440. The summed E-state index contributed by atoms with van der Waals surface area (Å²) in [4.78, 5) is 0. The molecule has 4 heteroatoms. The van der Waals surface area contributed by atoms with Gasteiger partial charge < -0.3 is 20.5 Å². The number of rotatable bonds is 10. The highest BCUT2D eigenvalue weighted by Gasteiger charge is 1.96. The van der Waals surface area contributed by atoms with Gasteiger partial charge in [-0.3, -0.25) is 0 Å². The van der Waals surface area contributed by atoms with Crippen LogP contribution in [0.15, 0.2) is 36.9 Å². The molecule has 0 fully saturated rings. The van der Waals surface area contributed by atoms with E-state index in [0.717, 1.165) is 25.4 Å². The number of nitrogens with one attached hydrogen (secondary N) is 2. The Bertz CT molecular complexity index is 350. The molecule has 1 atom stereocenters. The van der Waals surface area contributed by atoms with E-state index in [-0.39, 0.29) is 6.10 Å². The van der Waals surface area contributed by atoms with Crippen LogP contribution in [0.25, 0.3) is 0 Å². The van der Waals surface area contributed by atoms with Crippen LogP contribution in [0.3, 0.4) is 0 Å². The van der Waals surface area contributed by atoms with Crippen LogP contribution in [-0.4, -0.2) is 37.5 Å². The lowest BCUT2D eigenvalue weighted by atomic mass is 10.2. The summed E-state index contributed by atoms with van der Waals surface area (Å²) in [6, 6.07) is 8.03. The molecule has 19 heavy (non-hydrogen) atoms. The number of ether oxygens (including phenoxy) is 1. The van der Waals surface area contributed by atoms with E-state index in [0.29, 0.717) is 13.2 Å². The second-order valence-corrected chi connectivity index (χ2v) is 4.47. The molecule has 0 aliphatic carbocycles. The summed E-state index contributed by atoms with van der Waals surface area (Å²) in [6.07, 6.45) is 1.44. The van der Waals surface area contributed by atoms with Crippen molar-refractivity contribution < 1.29 is 9.84 Å². The van der Waals surface area contributed by atoms with Crippen molar-refractivity contribution in [3.63, 3.8) is 0 Å². The molecule has 0 aliphatic heterocycles. The van der Waals surface area contributed by atoms with E-state index < -0.39 is 0 Å². The molecule has 106 valence electrons. The summed E-state index contributed by atoms with van der Waals surface area (Å²) in [6.45, 7) is 9.12. The molecule has 1 rings (SSSR count). The van der Waals surface area contributed by atoms with Crippen LogP contribution < -0.4 is 15.4 Å². The highest BCUT2D eigenvalue weighted by atomic mass is 16.5. The third-order valence-corrected chi connectivity index (χ3v) is 2.54. The predicted octanol–water partition coefficient (Wildman–Crippen LogP) is 1.31. The average Bonchev–Trinajstić information content (AvgIpc) is 2.41. The number of aliphatic hydroxyl groups excluding tert-OH is 1. The van der Waals surface area contributed by atoms with E-state index in [1.165, 1.54) is 5.56 Å². The van der Waals surface area contributed by atoms with Gasteiger partial charge in [-0.05, 0) is 24.6 Å². The van der Waals surface area contributed by atoms with Crippen molar-refractivity contribution in [2.75, 3.05) is 26.2 Å². The molecule has 0 saturated carbocycles. The van der Waals surface area contributed by atoms with Gasteiger partial charge in [-0.1, -0.05) is 24.8 Å².